The van der Waals surface area contributed by atoms with Crippen LogP contribution in [0.3, 0.4) is 0 Å². The number of hydrogen-bond acceptors (Lipinski definition) is 5. The van der Waals surface area contributed by atoms with Crippen LogP contribution in [0.2, 0.25) is 0 Å². The average Bonchev–Trinajstić information content (AvgIpc) is 2.85. The van der Waals surface area contributed by atoms with E-state index in [1.165, 1.54) is 12.0 Å². The Hall–Kier alpha value is -4.00. The Morgan fingerprint density at radius 3 is 2.03 bits per heavy atom. The molecule has 33 heavy (non-hydrogen) atoms. The SMILES string of the molecule is COc1ccc(N2C(=O)CN(c3ccc(OC)cc3OC)C(=O)C2c2ccc(C)cc2)cc1. The monoisotopic (exact) mass is 446 g/mol. The molecule has 2 amide bonds. The maximum Gasteiger partial charge on any atom is 0.255 e. The fourth-order valence-electron chi connectivity index (χ4n) is 3.98. The van der Waals surface area contributed by atoms with Crippen molar-refractivity contribution in [1.29, 1.82) is 0 Å². The lowest BCUT2D eigenvalue weighted by atomic mass is 9.98. The van der Waals surface area contributed by atoms with Gasteiger partial charge < -0.3 is 14.2 Å². The van der Waals surface area contributed by atoms with Crippen LogP contribution in [0, 0.1) is 6.92 Å². The summed E-state index contributed by atoms with van der Waals surface area (Å²) in [4.78, 5) is 30.4. The number of nitrogens with zero attached hydrogens (tertiary/aromatic N) is 2. The lowest BCUT2D eigenvalue weighted by Gasteiger charge is -2.40. The number of methoxy groups -OCH3 is 3. The third kappa shape index (κ3) is 4.22. The topological polar surface area (TPSA) is 68.3 Å². The molecule has 0 bridgehead atoms. The number of piperazine rings is 1. The number of benzene rings is 3. The van der Waals surface area contributed by atoms with Crippen molar-refractivity contribution in [3.63, 3.8) is 0 Å². The number of rotatable bonds is 6. The van der Waals surface area contributed by atoms with E-state index in [1.807, 2.05) is 31.2 Å². The predicted octanol–water partition coefficient (Wildman–Crippen LogP) is 4.14. The summed E-state index contributed by atoms with van der Waals surface area (Å²) in [6, 6.07) is 19.1. The molecule has 7 heteroatoms. The molecule has 170 valence electrons. The van der Waals surface area contributed by atoms with Gasteiger partial charge in [0.15, 0.2) is 0 Å². The first kappa shape index (κ1) is 22.2. The van der Waals surface area contributed by atoms with E-state index in [1.54, 1.807) is 61.6 Å². The Kier molecular flexibility index (Phi) is 6.22. The van der Waals surface area contributed by atoms with Gasteiger partial charge in [-0.05, 0) is 48.9 Å². The zero-order valence-corrected chi connectivity index (χ0v) is 19.1. The molecular formula is C26H26N2O5. The van der Waals surface area contributed by atoms with E-state index in [-0.39, 0.29) is 18.4 Å². The van der Waals surface area contributed by atoms with Crippen molar-refractivity contribution in [1.82, 2.24) is 0 Å². The number of aryl methyl sites for hydroxylation is 1. The van der Waals surface area contributed by atoms with Crippen LogP contribution in [-0.2, 0) is 9.59 Å². The minimum absolute atomic E-state index is 0.115. The minimum Gasteiger partial charge on any atom is -0.497 e. The van der Waals surface area contributed by atoms with Gasteiger partial charge in [0, 0.05) is 11.8 Å². The molecule has 4 rings (SSSR count). The van der Waals surface area contributed by atoms with Gasteiger partial charge in [-0.3, -0.25) is 19.4 Å². The number of anilines is 2. The Morgan fingerprint density at radius 2 is 1.42 bits per heavy atom. The van der Waals surface area contributed by atoms with Crippen LogP contribution < -0.4 is 24.0 Å². The number of amides is 2. The molecule has 1 aliphatic heterocycles. The summed E-state index contributed by atoms with van der Waals surface area (Å²) < 4.78 is 16.0. The second-order valence-corrected chi connectivity index (χ2v) is 7.74. The third-order valence-electron chi connectivity index (χ3n) is 5.74. The predicted molar refractivity (Wildman–Crippen MR) is 126 cm³/mol. The molecule has 0 saturated carbocycles. The summed E-state index contributed by atoms with van der Waals surface area (Å²) in [6.45, 7) is 1.86. The minimum atomic E-state index is -0.827. The van der Waals surface area contributed by atoms with Crippen LogP contribution in [0.5, 0.6) is 17.2 Å². The van der Waals surface area contributed by atoms with Crippen LogP contribution in [0.4, 0.5) is 11.4 Å². The van der Waals surface area contributed by atoms with E-state index in [9.17, 15) is 9.59 Å². The quantitative estimate of drug-likeness (QED) is 0.569. The highest BCUT2D eigenvalue weighted by Gasteiger charge is 2.42. The number of ether oxygens (including phenoxy) is 3. The Balaban J connectivity index is 1.81. The summed E-state index contributed by atoms with van der Waals surface area (Å²) in [5, 5.41) is 0. The van der Waals surface area contributed by atoms with Gasteiger partial charge in [-0.15, -0.1) is 0 Å². The zero-order chi connectivity index (χ0) is 23.5. The van der Waals surface area contributed by atoms with Crippen molar-refractivity contribution in [3.05, 3.63) is 77.9 Å². The van der Waals surface area contributed by atoms with Gasteiger partial charge in [-0.1, -0.05) is 29.8 Å². The van der Waals surface area contributed by atoms with E-state index < -0.39 is 6.04 Å². The van der Waals surface area contributed by atoms with Gasteiger partial charge >= 0.3 is 0 Å². The van der Waals surface area contributed by atoms with Gasteiger partial charge in [-0.2, -0.15) is 0 Å². The van der Waals surface area contributed by atoms with Crippen LogP contribution in [-0.4, -0.2) is 39.7 Å². The molecule has 1 saturated heterocycles. The molecule has 1 fully saturated rings. The maximum atomic E-state index is 13.9. The van der Waals surface area contributed by atoms with Crippen LogP contribution in [0.15, 0.2) is 66.7 Å². The first-order valence-electron chi connectivity index (χ1n) is 10.5. The Labute approximate surface area is 193 Å². The molecule has 0 aliphatic carbocycles. The first-order valence-corrected chi connectivity index (χ1v) is 10.5. The third-order valence-corrected chi connectivity index (χ3v) is 5.74. The first-order chi connectivity index (χ1) is 16.0. The van der Waals surface area contributed by atoms with E-state index in [4.69, 9.17) is 14.2 Å². The van der Waals surface area contributed by atoms with Crippen molar-refractivity contribution in [2.45, 2.75) is 13.0 Å². The molecule has 0 radical (unpaired) electrons. The molecule has 7 nitrogen and oxygen atoms in total. The highest BCUT2D eigenvalue weighted by Crippen LogP contribution is 2.39. The summed E-state index contributed by atoms with van der Waals surface area (Å²) in [7, 11) is 4.67. The van der Waals surface area contributed by atoms with Gasteiger partial charge in [0.2, 0.25) is 5.91 Å². The second kappa shape index (κ2) is 9.24. The number of carbonyl (C=O) groups excluding carboxylic acids is 2. The van der Waals surface area contributed by atoms with Crippen molar-refractivity contribution in [2.75, 3.05) is 37.7 Å². The lowest BCUT2D eigenvalue weighted by Crippen LogP contribution is -2.56. The molecular weight excluding hydrogens is 420 g/mol. The van der Waals surface area contributed by atoms with E-state index in [0.717, 1.165) is 11.1 Å². The standard InChI is InChI=1S/C26H26N2O5/c1-17-5-7-18(8-6-17)25-26(30)27(22-14-13-21(32-3)15-23(22)33-4)16-24(29)28(25)19-9-11-20(31-2)12-10-19/h5-15,25H,16H2,1-4H3. The number of hydrogen-bond donors (Lipinski definition) is 0. The zero-order valence-electron chi connectivity index (χ0n) is 19.1. The molecule has 1 aliphatic rings. The number of carbonyl (C=O) groups is 2. The molecule has 1 unspecified atom stereocenters. The van der Waals surface area contributed by atoms with Gasteiger partial charge in [-0.25, -0.2) is 0 Å². The molecule has 0 aromatic heterocycles. The van der Waals surface area contributed by atoms with Gasteiger partial charge in [0.25, 0.3) is 5.91 Å². The Bertz CT molecular complexity index is 1160. The molecule has 3 aromatic carbocycles. The average molecular weight is 447 g/mol. The molecule has 3 aromatic rings. The van der Waals surface area contributed by atoms with E-state index >= 15 is 0 Å². The van der Waals surface area contributed by atoms with E-state index in [2.05, 4.69) is 0 Å². The summed E-state index contributed by atoms with van der Waals surface area (Å²) in [5.74, 6) is 1.30. The summed E-state index contributed by atoms with van der Waals surface area (Å²) >= 11 is 0. The lowest BCUT2D eigenvalue weighted by molar-refractivity contribution is -0.128. The fraction of sp³-hybridized carbons (Fsp3) is 0.231. The van der Waals surface area contributed by atoms with Gasteiger partial charge in [0.05, 0.1) is 27.0 Å². The van der Waals surface area contributed by atoms with Crippen LogP contribution in [0.25, 0.3) is 0 Å². The van der Waals surface area contributed by atoms with Crippen molar-refractivity contribution < 1.29 is 23.8 Å². The summed E-state index contributed by atoms with van der Waals surface area (Å²) in [5.41, 5.74) is 2.94. The van der Waals surface area contributed by atoms with Crippen LogP contribution in [0.1, 0.15) is 17.2 Å². The molecule has 1 atom stereocenters. The van der Waals surface area contributed by atoms with Gasteiger partial charge in [0.1, 0.15) is 29.8 Å². The molecule has 0 N–H and O–H groups in total. The van der Waals surface area contributed by atoms with Crippen molar-refractivity contribution in [2.24, 2.45) is 0 Å². The Morgan fingerprint density at radius 1 is 0.788 bits per heavy atom. The maximum absolute atomic E-state index is 13.9. The smallest absolute Gasteiger partial charge is 0.255 e. The molecule has 1 heterocycles. The van der Waals surface area contributed by atoms with Crippen molar-refractivity contribution >= 4 is 23.2 Å². The molecule has 0 spiro atoms. The van der Waals surface area contributed by atoms with Crippen LogP contribution >= 0.6 is 0 Å². The highest BCUT2D eigenvalue weighted by atomic mass is 16.5. The van der Waals surface area contributed by atoms with E-state index in [0.29, 0.717) is 28.6 Å². The van der Waals surface area contributed by atoms with Crippen molar-refractivity contribution in [3.8, 4) is 17.2 Å². The summed E-state index contributed by atoms with van der Waals surface area (Å²) in [6.07, 6.45) is 0. The highest BCUT2D eigenvalue weighted by molar-refractivity contribution is 6.15. The largest absolute Gasteiger partial charge is 0.497 e. The normalized spacial score (nSPS) is 16.1. The fourth-order valence-corrected chi connectivity index (χ4v) is 3.98. The second-order valence-electron chi connectivity index (χ2n) is 7.74.